The van der Waals surface area contributed by atoms with Crippen molar-refractivity contribution in [1.82, 2.24) is 15.1 Å². The first-order valence-corrected chi connectivity index (χ1v) is 7.21. The van der Waals surface area contributed by atoms with Crippen molar-refractivity contribution in [3.63, 3.8) is 0 Å². The van der Waals surface area contributed by atoms with Crippen LogP contribution in [0.25, 0.3) is 0 Å². The van der Waals surface area contributed by atoms with Crippen LogP contribution in [0.3, 0.4) is 0 Å². The van der Waals surface area contributed by atoms with E-state index in [1.807, 2.05) is 0 Å². The van der Waals surface area contributed by atoms with Gasteiger partial charge in [-0.3, -0.25) is 4.90 Å². The summed E-state index contributed by atoms with van der Waals surface area (Å²) < 4.78 is 1.15. The van der Waals surface area contributed by atoms with Gasteiger partial charge in [0, 0.05) is 30.1 Å². The molecule has 1 aliphatic rings. The third kappa shape index (κ3) is 3.12. The van der Waals surface area contributed by atoms with Gasteiger partial charge in [-0.25, -0.2) is 0 Å². The van der Waals surface area contributed by atoms with Gasteiger partial charge in [0.1, 0.15) is 0 Å². The zero-order chi connectivity index (χ0) is 13.1. The first kappa shape index (κ1) is 14.0. The Morgan fingerprint density at radius 3 is 2.83 bits per heavy atom. The van der Waals surface area contributed by atoms with Gasteiger partial charge in [0.05, 0.1) is 6.04 Å². The summed E-state index contributed by atoms with van der Waals surface area (Å²) in [5, 5.41) is 3.50. The minimum absolute atomic E-state index is 0.417. The lowest BCUT2D eigenvalue weighted by atomic mass is 9.96. The number of benzene rings is 1. The van der Waals surface area contributed by atoms with Crippen LogP contribution in [0.5, 0.6) is 0 Å². The first-order valence-electron chi connectivity index (χ1n) is 6.42. The molecule has 3 nitrogen and oxygen atoms in total. The SMILES string of the molecule is CN(C)C(c1cccc(Br)c1)C1CNCCN1C. The molecule has 0 bridgehead atoms. The standard InChI is InChI=1S/C14H22BrN3/c1-17(2)14(11-5-4-6-12(15)9-11)13-10-16-7-8-18(13)3/h4-6,9,13-14,16H,7-8,10H2,1-3H3. The summed E-state index contributed by atoms with van der Waals surface area (Å²) >= 11 is 3.57. The van der Waals surface area contributed by atoms with Crippen molar-refractivity contribution in [2.45, 2.75) is 12.1 Å². The molecule has 100 valence electrons. The molecule has 1 heterocycles. The molecule has 0 aromatic heterocycles. The number of piperazine rings is 1. The quantitative estimate of drug-likeness (QED) is 0.920. The van der Waals surface area contributed by atoms with Crippen LogP contribution in [-0.2, 0) is 0 Å². The maximum atomic E-state index is 3.57. The molecule has 0 saturated carbocycles. The summed E-state index contributed by atoms with van der Waals surface area (Å²) in [6.45, 7) is 3.25. The maximum Gasteiger partial charge on any atom is 0.0510 e. The van der Waals surface area contributed by atoms with Crippen LogP contribution in [-0.4, -0.2) is 56.6 Å². The van der Waals surface area contributed by atoms with Crippen LogP contribution in [0.15, 0.2) is 28.7 Å². The Morgan fingerprint density at radius 2 is 2.22 bits per heavy atom. The highest BCUT2D eigenvalue weighted by atomic mass is 79.9. The van der Waals surface area contributed by atoms with E-state index in [0.29, 0.717) is 12.1 Å². The van der Waals surface area contributed by atoms with Crippen molar-refractivity contribution < 1.29 is 0 Å². The minimum atomic E-state index is 0.417. The second-order valence-corrected chi connectivity index (χ2v) is 6.13. The lowest BCUT2D eigenvalue weighted by Crippen LogP contribution is -2.54. The molecule has 2 unspecified atom stereocenters. The van der Waals surface area contributed by atoms with Gasteiger partial charge in [-0.1, -0.05) is 28.1 Å². The molecule has 1 aliphatic heterocycles. The van der Waals surface area contributed by atoms with Gasteiger partial charge >= 0.3 is 0 Å². The Morgan fingerprint density at radius 1 is 1.44 bits per heavy atom. The van der Waals surface area contributed by atoms with E-state index in [1.165, 1.54) is 5.56 Å². The van der Waals surface area contributed by atoms with Gasteiger partial charge in [0.25, 0.3) is 0 Å². The van der Waals surface area contributed by atoms with Gasteiger partial charge in [-0.15, -0.1) is 0 Å². The summed E-state index contributed by atoms with van der Waals surface area (Å²) in [6.07, 6.45) is 0. The zero-order valence-corrected chi connectivity index (χ0v) is 12.9. The fourth-order valence-corrected chi connectivity index (χ4v) is 3.15. The summed E-state index contributed by atoms with van der Waals surface area (Å²) in [5.74, 6) is 0. The molecule has 1 saturated heterocycles. The van der Waals surface area contributed by atoms with E-state index >= 15 is 0 Å². The molecule has 4 heteroatoms. The van der Waals surface area contributed by atoms with Crippen molar-refractivity contribution in [2.24, 2.45) is 0 Å². The maximum absolute atomic E-state index is 3.57. The van der Waals surface area contributed by atoms with Crippen molar-refractivity contribution in [1.29, 1.82) is 0 Å². The lowest BCUT2D eigenvalue weighted by molar-refractivity contribution is 0.107. The Balaban J connectivity index is 2.27. The highest BCUT2D eigenvalue weighted by molar-refractivity contribution is 9.10. The predicted octanol–water partition coefficient (Wildman–Crippen LogP) is 1.96. The molecule has 18 heavy (non-hydrogen) atoms. The summed E-state index contributed by atoms with van der Waals surface area (Å²) in [7, 11) is 6.54. The summed E-state index contributed by atoms with van der Waals surface area (Å²) in [6, 6.07) is 9.58. The molecular formula is C14H22BrN3. The van der Waals surface area contributed by atoms with Gasteiger partial charge in [0.15, 0.2) is 0 Å². The number of hydrogen-bond donors (Lipinski definition) is 1. The Kier molecular flexibility index (Phi) is 4.78. The third-order valence-electron chi connectivity index (χ3n) is 3.67. The lowest BCUT2D eigenvalue weighted by Gasteiger charge is -2.41. The highest BCUT2D eigenvalue weighted by Crippen LogP contribution is 2.27. The molecular weight excluding hydrogens is 290 g/mol. The smallest absolute Gasteiger partial charge is 0.0510 e. The molecule has 0 radical (unpaired) electrons. The second kappa shape index (κ2) is 6.15. The van der Waals surface area contributed by atoms with Crippen LogP contribution < -0.4 is 5.32 Å². The third-order valence-corrected chi connectivity index (χ3v) is 4.17. The van der Waals surface area contributed by atoms with Crippen LogP contribution in [0.1, 0.15) is 11.6 Å². The van der Waals surface area contributed by atoms with Crippen LogP contribution >= 0.6 is 15.9 Å². The van der Waals surface area contributed by atoms with Crippen molar-refractivity contribution in [2.75, 3.05) is 40.8 Å². The fourth-order valence-electron chi connectivity index (χ4n) is 2.73. The van der Waals surface area contributed by atoms with E-state index < -0.39 is 0 Å². The molecule has 0 amide bonds. The van der Waals surface area contributed by atoms with Crippen molar-refractivity contribution in [3.8, 4) is 0 Å². The number of rotatable bonds is 3. The van der Waals surface area contributed by atoms with Gasteiger partial charge in [0.2, 0.25) is 0 Å². The van der Waals surface area contributed by atoms with E-state index in [9.17, 15) is 0 Å². The van der Waals surface area contributed by atoms with Crippen LogP contribution in [0.4, 0.5) is 0 Å². The highest BCUT2D eigenvalue weighted by Gasteiger charge is 2.30. The number of halogens is 1. The van der Waals surface area contributed by atoms with Gasteiger partial charge < -0.3 is 10.2 Å². The summed E-state index contributed by atoms with van der Waals surface area (Å²) in [4.78, 5) is 4.78. The predicted molar refractivity (Wildman–Crippen MR) is 79.9 cm³/mol. The van der Waals surface area contributed by atoms with E-state index in [-0.39, 0.29) is 0 Å². The Labute approximate surface area is 118 Å². The second-order valence-electron chi connectivity index (χ2n) is 5.22. The number of nitrogens with one attached hydrogen (secondary N) is 1. The monoisotopic (exact) mass is 311 g/mol. The van der Waals surface area contributed by atoms with E-state index in [0.717, 1.165) is 24.1 Å². The molecule has 0 aliphatic carbocycles. The van der Waals surface area contributed by atoms with Gasteiger partial charge in [-0.05, 0) is 38.8 Å². The average molecular weight is 312 g/mol. The van der Waals surface area contributed by atoms with Crippen LogP contribution in [0, 0.1) is 0 Å². The average Bonchev–Trinajstić information content (AvgIpc) is 2.32. The first-order chi connectivity index (χ1) is 8.59. The molecule has 1 aromatic rings. The van der Waals surface area contributed by atoms with E-state index in [4.69, 9.17) is 0 Å². The minimum Gasteiger partial charge on any atom is -0.314 e. The van der Waals surface area contributed by atoms with Crippen molar-refractivity contribution >= 4 is 15.9 Å². The Hall–Kier alpha value is -0.420. The van der Waals surface area contributed by atoms with Gasteiger partial charge in [-0.2, -0.15) is 0 Å². The number of hydrogen-bond acceptors (Lipinski definition) is 3. The molecule has 2 atom stereocenters. The van der Waals surface area contributed by atoms with E-state index in [1.54, 1.807) is 0 Å². The molecule has 1 aromatic carbocycles. The fraction of sp³-hybridized carbons (Fsp3) is 0.571. The van der Waals surface area contributed by atoms with Crippen LogP contribution in [0.2, 0.25) is 0 Å². The Bertz CT molecular complexity index is 394. The molecule has 0 spiro atoms. The summed E-state index contributed by atoms with van der Waals surface area (Å²) in [5.41, 5.74) is 1.37. The molecule has 2 rings (SSSR count). The van der Waals surface area contributed by atoms with Crippen molar-refractivity contribution in [3.05, 3.63) is 34.3 Å². The number of nitrogens with zero attached hydrogens (tertiary/aromatic N) is 2. The molecule has 1 fully saturated rings. The zero-order valence-electron chi connectivity index (χ0n) is 11.4. The number of likely N-dealkylation sites (N-methyl/N-ethyl adjacent to an activating group) is 2. The van der Waals surface area contributed by atoms with E-state index in [2.05, 4.69) is 76.5 Å². The molecule has 1 N–H and O–H groups in total. The normalized spacial score (nSPS) is 23.3. The topological polar surface area (TPSA) is 18.5 Å². The largest absolute Gasteiger partial charge is 0.314 e.